The summed E-state index contributed by atoms with van der Waals surface area (Å²) in [7, 11) is 0. The van der Waals surface area contributed by atoms with Crippen LogP contribution in [0.15, 0.2) is 18.2 Å². The Bertz CT molecular complexity index is 406. The molecule has 5 nitrogen and oxygen atoms in total. The second kappa shape index (κ2) is 8.24. The molecule has 0 amide bonds. The van der Waals surface area contributed by atoms with Gasteiger partial charge in [-0.2, -0.15) is 0 Å². The summed E-state index contributed by atoms with van der Waals surface area (Å²) in [6.45, 7) is 2.74. The van der Waals surface area contributed by atoms with Crippen molar-refractivity contribution >= 4 is 11.7 Å². The van der Waals surface area contributed by atoms with Crippen molar-refractivity contribution in [3.05, 3.63) is 18.2 Å². The topological polar surface area (TPSA) is 81.8 Å². The number of phenolic OH excluding ortho intramolecular Hbond substituents is 1. The highest BCUT2D eigenvalue weighted by Crippen LogP contribution is 2.29. The van der Waals surface area contributed by atoms with Crippen molar-refractivity contribution in [1.82, 2.24) is 0 Å². The van der Waals surface area contributed by atoms with Gasteiger partial charge >= 0.3 is 5.97 Å². The van der Waals surface area contributed by atoms with E-state index in [1.807, 2.05) is 0 Å². The van der Waals surface area contributed by atoms with Crippen LogP contribution in [0.5, 0.6) is 11.5 Å². The number of unbranched alkanes of at least 4 members (excludes halogenated alkanes) is 2. The van der Waals surface area contributed by atoms with E-state index in [0.29, 0.717) is 25.4 Å². The number of hydrogen-bond acceptors (Lipinski definition) is 5. The Hall–Kier alpha value is -1.91. The van der Waals surface area contributed by atoms with E-state index >= 15 is 0 Å². The maximum absolute atomic E-state index is 11.1. The first-order chi connectivity index (χ1) is 9.15. The van der Waals surface area contributed by atoms with Gasteiger partial charge in [0.1, 0.15) is 17.2 Å². The van der Waals surface area contributed by atoms with E-state index in [1.165, 1.54) is 6.07 Å². The van der Waals surface area contributed by atoms with Gasteiger partial charge in [-0.05, 0) is 38.3 Å². The predicted molar refractivity (Wildman–Crippen MR) is 73.1 cm³/mol. The number of phenols is 1. The molecule has 1 aromatic carbocycles. The van der Waals surface area contributed by atoms with Gasteiger partial charge in [-0.25, -0.2) is 0 Å². The molecule has 0 unspecified atom stereocenters. The first-order valence-corrected chi connectivity index (χ1v) is 6.51. The molecule has 0 atom stereocenters. The Kier molecular flexibility index (Phi) is 6.57. The number of esters is 1. The Labute approximate surface area is 113 Å². The van der Waals surface area contributed by atoms with Crippen LogP contribution in [0.3, 0.4) is 0 Å². The van der Waals surface area contributed by atoms with Gasteiger partial charge in [0.2, 0.25) is 0 Å². The number of ether oxygens (including phenoxy) is 2. The maximum Gasteiger partial charge on any atom is 0.305 e. The fraction of sp³-hybridized carbons (Fsp3) is 0.500. The highest BCUT2D eigenvalue weighted by Gasteiger charge is 2.04. The van der Waals surface area contributed by atoms with Gasteiger partial charge in [-0.1, -0.05) is 6.07 Å². The van der Waals surface area contributed by atoms with Crippen molar-refractivity contribution in [1.29, 1.82) is 0 Å². The standard InChI is InChI=1S/C14H21NO4/c1-2-18-13(17)9-4-3-5-10-19-12-8-6-7-11(16)14(12)15/h6-8,16H,2-5,9-10,15H2,1H3. The van der Waals surface area contributed by atoms with Gasteiger partial charge < -0.3 is 20.3 Å². The van der Waals surface area contributed by atoms with Crippen LogP contribution < -0.4 is 10.5 Å². The smallest absolute Gasteiger partial charge is 0.305 e. The summed E-state index contributed by atoms with van der Waals surface area (Å²) in [6.07, 6.45) is 2.95. The molecule has 1 aromatic rings. The number of nitrogens with two attached hydrogens (primary N) is 1. The van der Waals surface area contributed by atoms with E-state index in [0.717, 1.165) is 19.3 Å². The van der Waals surface area contributed by atoms with Crippen LogP contribution >= 0.6 is 0 Å². The van der Waals surface area contributed by atoms with Gasteiger partial charge in [0.25, 0.3) is 0 Å². The van der Waals surface area contributed by atoms with E-state index in [1.54, 1.807) is 19.1 Å². The molecule has 0 radical (unpaired) electrons. The van der Waals surface area contributed by atoms with Gasteiger partial charge in [0, 0.05) is 6.42 Å². The summed E-state index contributed by atoms with van der Waals surface area (Å²) in [4.78, 5) is 11.1. The maximum atomic E-state index is 11.1. The molecule has 3 N–H and O–H groups in total. The summed E-state index contributed by atoms with van der Waals surface area (Å²) in [5.41, 5.74) is 5.92. The molecule has 0 heterocycles. The zero-order valence-electron chi connectivity index (χ0n) is 11.2. The number of aromatic hydroxyl groups is 1. The molecule has 0 fully saturated rings. The number of nitrogen functional groups attached to an aromatic ring is 1. The average molecular weight is 267 g/mol. The molecular formula is C14H21NO4. The molecule has 0 aliphatic heterocycles. The summed E-state index contributed by atoms with van der Waals surface area (Å²) in [5, 5.41) is 9.40. The van der Waals surface area contributed by atoms with Crippen LogP contribution in [0.4, 0.5) is 5.69 Å². The number of carbonyl (C=O) groups is 1. The van der Waals surface area contributed by atoms with Crippen LogP contribution in [0.1, 0.15) is 32.6 Å². The van der Waals surface area contributed by atoms with Crippen molar-refractivity contribution in [2.24, 2.45) is 0 Å². The average Bonchev–Trinajstić information content (AvgIpc) is 2.38. The summed E-state index contributed by atoms with van der Waals surface area (Å²) >= 11 is 0. The minimum absolute atomic E-state index is 0.0276. The lowest BCUT2D eigenvalue weighted by atomic mass is 10.2. The Morgan fingerprint density at radius 1 is 1.32 bits per heavy atom. The third-order valence-corrected chi connectivity index (χ3v) is 2.63. The fourth-order valence-corrected chi connectivity index (χ4v) is 1.62. The molecule has 0 saturated heterocycles. The molecule has 19 heavy (non-hydrogen) atoms. The number of carbonyl (C=O) groups excluding carboxylic acids is 1. The summed E-state index contributed by atoms with van der Waals surface area (Å²) in [5.74, 6) is 0.367. The number of para-hydroxylation sites is 1. The largest absolute Gasteiger partial charge is 0.506 e. The third kappa shape index (κ3) is 5.50. The normalized spacial score (nSPS) is 10.2. The second-order valence-corrected chi connectivity index (χ2v) is 4.15. The van der Waals surface area contributed by atoms with E-state index in [2.05, 4.69) is 0 Å². The molecule has 106 valence electrons. The lowest BCUT2D eigenvalue weighted by molar-refractivity contribution is -0.143. The quantitative estimate of drug-likeness (QED) is 0.327. The molecule has 1 rings (SSSR count). The number of rotatable bonds is 8. The second-order valence-electron chi connectivity index (χ2n) is 4.15. The van der Waals surface area contributed by atoms with Crippen molar-refractivity contribution in [2.45, 2.75) is 32.6 Å². The monoisotopic (exact) mass is 267 g/mol. The van der Waals surface area contributed by atoms with Crippen LogP contribution in [0.25, 0.3) is 0 Å². The molecular weight excluding hydrogens is 246 g/mol. The molecule has 0 saturated carbocycles. The minimum Gasteiger partial charge on any atom is -0.506 e. The van der Waals surface area contributed by atoms with Gasteiger partial charge in [-0.15, -0.1) is 0 Å². The molecule has 0 spiro atoms. The van der Waals surface area contributed by atoms with Crippen LogP contribution in [0, 0.1) is 0 Å². The first kappa shape index (κ1) is 15.1. The highest BCUT2D eigenvalue weighted by atomic mass is 16.5. The van der Waals surface area contributed by atoms with Crippen LogP contribution in [0.2, 0.25) is 0 Å². The zero-order chi connectivity index (χ0) is 14.1. The molecule has 0 aliphatic rings. The highest BCUT2D eigenvalue weighted by molar-refractivity contribution is 5.69. The summed E-state index contributed by atoms with van der Waals surface area (Å²) < 4.78 is 10.3. The van der Waals surface area contributed by atoms with E-state index in [-0.39, 0.29) is 17.4 Å². The predicted octanol–water partition coefficient (Wildman–Crippen LogP) is 2.48. The van der Waals surface area contributed by atoms with Crippen molar-refractivity contribution in [2.75, 3.05) is 18.9 Å². The number of hydrogen-bond donors (Lipinski definition) is 2. The van der Waals surface area contributed by atoms with Crippen molar-refractivity contribution < 1.29 is 19.4 Å². The Balaban J connectivity index is 2.14. The van der Waals surface area contributed by atoms with E-state index in [9.17, 15) is 9.90 Å². The van der Waals surface area contributed by atoms with Crippen LogP contribution in [-0.4, -0.2) is 24.3 Å². The zero-order valence-corrected chi connectivity index (χ0v) is 11.2. The molecule has 5 heteroatoms. The van der Waals surface area contributed by atoms with Crippen molar-refractivity contribution in [3.8, 4) is 11.5 Å². The summed E-state index contributed by atoms with van der Waals surface area (Å²) in [6, 6.07) is 4.91. The molecule has 0 aliphatic carbocycles. The third-order valence-electron chi connectivity index (χ3n) is 2.63. The minimum atomic E-state index is -0.152. The SMILES string of the molecule is CCOC(=O)CCCCCOc1cccc(O)c1N. The molecule has 0 bridgehead atoms. The number of benzene rings is 1. The Morgan fingerprint density at radius 3 is 2.84 bits per heavy atom. The van der Waals surface area contributed by atoms with Gasteiger partial charge in [0.05, 0.1) is 13.2 Å². The van der Waals surface area contributed by atoms with Crippen molar-refractivity contribution in [3.63, 3.8) is 0 Å². The van der Waals surface area contributed by atoms with Crippen LogP contribution in [-0.2, 0) is 9.53 Å². The van der Waals surface area contributed by atoms with Gasteiger partial charge in [-0.3, -0.25) is 4.79 Å². The van der Waals surface area contributed by atoms with E-state index < -0.39 is 0 Å². The lowest BCUT2D eigenvalue weighted by Gasteiger charge is -2.09. The Morgan fingerprint density at radius 2 is 2.11 bits per heavy atom. The first-order valence-electron chi connectivity index (χ1n) is 6.51. The number of anilines is 1. The van der Waals surface area contributed by atoms with E-state index in [4.69, 9.17) is 15.2 Å². The fourth-order valence-electron chi connectivity index (χ4n) is 1.62. The lowest BCUT2D eigenvalue weighted by Crippen LogP contribution is -2.04. The van der Waals surface area contributed by atoms with Gasteiger partial charge in [0.15, 0.2) is 0 Å². The molecule has 0 aromatic heterocycles.